The molecule has 1 saturated heterocycles. The molecule has 1 aromatic carbocycles. The number of aryl methyl sites for hydroxylation is 1. The van der Waals surface area contributed by atoms with Crippen LogP contribution in [0.1, 0.15) is 17.1 Å². The zero-order chi connectivity index (χ0) is 22.5. The minimum Gasteiger partial charge on any atom is -0.368 e. The van der Waals surface area contributed by atoms with Crippen molar-refractivity contribution in [1.82, 2.24) is 25.1 Å². The predicted octanol–water partition coefficient (Wildman–Crippen LogP) is 4.14. The van der Waals surface area contributed by atoms with Gasteiger partial charge in [-0.25, -0.2) is 9.97 Å². The van der Waals surface area contributed by atoms with Crippen molar-refractivity contribution in [2.75, 3.05) is 41.3 Å². The average Bonchev–Trinajstić information content (AvgIpc) is 3.28. The molecule has 1 aliphatic rings. The Morgan fingerprint density at radius 1 is 0.848 bits per heavy atom. The molecule has 0 radical (unpaired) electrons. The topological polar surface area (TPSA) is 85.9 Å². The normalized spacial score (nSPS) is 14.1. The number of anilines is 4. The Hall–Kier alpha value is -4.20. The summed E-state index contributed by atoms with van der Waals surface area (Å²) in [5.74, 6) is 3.01. The van der Waals surface area contributed by atoms with Crippen LogP contribution in [0.5, 0.6) is 0 Å². The quantitative estimate of drug-likeness (QED) is 0.468. The number of piperazine rings is 1. The highest BCUT2D eigenvalue weighted by Crippen LogP contribution is 2.23. The van der Waals surface area contributed by atoms with Crippen molar-refractivity contribution >= 4 is 35.3 Å². The molecule has 0 bridgehead atoms. The molecule has 1 aliphatic heterocycles. The molecule has 0 amide bonds. The molecule has 0 unspecified atom stereocenters. The Morgan fingerprint density at radius 2 is 1.61 bits per heavy atom. The molecular formula is C25H26N8. The van der Waals surface area contributed by atoms with E-state index in [-0.39, 0.29) is 0 Å². The standard InChI is InChI=1S/C25H26N8/c1-19-17-24(31-30-19)28-23-18-25(29-22(27-23)8-7-20-5-3-2-4-6-20)33-15-13-32(14-16-33)21-9-11-26-12-10-21/h2-12,17-18H,13-16H2,1H3,(H2,27,28,29,30,31). The number of hydrogen-bond donors (Lipinski definition) is 2. The summed E-state index contributed by atoms with van der Waals surface area (Å²) in [5.41, 5.74) is 3.30. The van der Waals surface area contributed by atoms with Gasteiger partial charge in [0.15, 0.2) is 11.6 Å². The van der Waals surface area contributed by atoms with E-state index in [0.29, 0.717) is 5.82 Å². The fourth-order valence-electron chi connectivity index (χ4n) is 3.85. The molecule has 4 aromatic rings. The summed E-state index contributed by atoms with van der Waals surface area (Å²) in [5, 5.41) is 10.5. The van der Waals surface area contributed by atoms with Crippen molar-refractivity contribution in [3.8, 4) is 0 Å². The van der Waals surface area contributed by atoms with Crippen LogP contribution in [0.25, 0.3) is 12.2 Å². The molecule has 2 N–H and O–H groups in total. The van der Waals surface area contributed by atoms with Gasteiger partial charge in [0.05, 0.1) is 0 Å². The summed E-state index contributed by atoms with van der Waals surface area (Å²) in [6.07, 6.45) is 7.66. The number of pyridine rings is 1. The summed E-state index contributed by atoms with van der Waals surface area (Å²) < 4.78 is 0. The van der Waals surface area contributed by atoms with Gasteiger partial charge >= 0.3 is 0 Å². The number of aromatic amines is 1. The minimum atomic E-state index is 0.655. The van der Waals surface area contributed by atoms with Crippen LogP contribution in [0.15, 0.2) is 67.0 Å². The van der Waals surface area contributed by atoms with Gasteiger partial charge in [-0.2, -0.15) is 5.10 Å². The average molecular weight is 439 g/mol. The van der Waals surface area contributed by atoms with Gasteiger partial charge in [0.1, 0.15) is 11.6 Å². The third kappa shape index (κ3) is 5.17. The second-order valence-electron chi connectivity index (χ2n) is 7.95. The largest absolute Gasteiger partial charge is 0.368 e. The Kier molecular flexibility index (Phi) is 5.97. The monoisotopic (exact) mass is 438 g/mol. The number of H-pyrrole nitrogens is 1. The number of nitrogens with one attached hydrogen (secondary N) is 2. The Bertz CT molecular complexity index is 1210. The van der Waals surface area contributed by atoms with Crippen molar-refractivity contribution in [2.24, 2.45) is 0 Å². The third-order valence-corrected chi connectivity index (χ3v) is 5.55. The maximum atomic E-state index is 4.85. The number of nitrogens with zero attached hydrogens (tertiary/aromatic N) is 6. The molecule has 8 nitrogen and oxygen atoms in total. The maximum absolute atomic E-state index is 4.85. The van der Waals surface area contributed by atoms with Crippen LogP contribution in [-0.2, 0) is 0 Å². The first-order chi connectivity index (χ1) is 16.2. The van der Waals surface area contributed by atoms with Gasteiger partial charge in [0, 0.05) is 62.1 Å². The highest BCUT2D eigenvalue weighted by molar-refractivity contribution is 5.69. The van der Waals surface area contributed by atoms with Crippen LogP contribution in [0.2, 0.25) is 0 Å². The predicted molar refractivity (Wildman–Crippen MR) is 133 cm³/mol. The molecule has 1 fully saturated rings. The summed E-state index contributed by atoms with van der Waals surface area (Å²) >= 11 is 0. The van der Waals surface area contributed by atoms with Gasteiger partial charge in [-0.05, 0) is 30.7 Å². The Morgan fingerprint density at radius 3 is 2.33 bits per heavy atom. The van der Waals surface area contributed by atoms with Crippen molar-refractivity contribution in [3.63, 3.8) is 0 Å². The van der Waals surface area contributed by atoms with Gasteiger partial charge < -0.3 is 15.1 Å². The first kappa shape index (κ1) is 20.7. The van der Waals surface area contributed by atoms with Gasteiger partial charge in [0.25, 0.3) is 0 Å². The molecule has 0 spiro atoms. The minimum absolute atomic E-state index is 0.655. The molecule has 0 aliphatic carbocycles. The first-order valence-corrected chi connectivity index (χ1v) is 11.0. The molecule has 8 heteroatoms. The van der Waals surface area contributed by atoms with E-state index in [1.165, 1.54) is 5.69 Å². The fourth-order valence-corrected chi connectivity index (χ4v) is 3.85. The van der Waals surface area contributed by atoms with E-state index >= 15 is 0 Å². The Labute approximate surface area is 193 Å². The first-order valence-electron chi connectivity index (χ1n) is 11.0. The second kappa shape index (κ2) is 9.52. The van der Waals surface area contributed by atoms with Crippen LogP contribution < -0.4 is 15.1 Å². The summed E-state index contributed by atoms with van der Waals surface area (Å²) in [4.78, 5) is 18.4. The summed E-state index contributed by atoms with van der Waals surface area (Å²) in [7, 11) is 0. The number of aromatic nitrogens is 5. The second-order valence-corrected chi connectivity index (χ2v) is 7.95. The van der Waals surface area contributed by atoms with Crippen molar-refractivity contribution in [1.29, 1.82) is 0 Å². The van der Waals surface area contributed by atoms with Gasteiger partial charge in [-0.3, -0.25) is 10.1 Å². The fraction of sp³-hybridized carbons (Fsp3) is 0.200. The van der Waals surface area contributed by atoms with Crippen LogP contribution >= 0.6 is 0 Å². The van der Waals surface area contributed by atoms with E-state index < -0.39 is 0 Å². The van der Waals surface area contributed by atoms with E-state index in [9.17, 15) is 0 Å². The van der Waals surface area contributed by atoms with Crippen LogP contribution in [0.3, 0.4) is 0 Å². The number of rotatable bonds is 6. The molecule has 4 heterocycles. The number of hydrogen-bond acceptors (Lipinski definition) is 7. The van der Waals surface area contributed by atoms with Crippen molar-refractivity contribution in [2.45, 2.75) is 6.92 Å². The summed E-state index contributed by atoms with van der Waals surface area (Å²) in [6, 6.07) is 18.2. The third-order valence-electron chi connectivity index (χ3n) is 5.55. The number of benzene rings is 1. The lowest BCUT2D eigenvalue weighted by Crippen LogP contribution is -2.46. The molecule has 0 atom stereocenters. The lowest BCUT2D eigenvalue weighted by molar-refractivity contribution is 0.646. The Balaban J connectivity index is 1.38. The van der Waals surface area contributed by atoms with E-state index in [4.69, 9.17) is 9.97 Å². The van der Waals surface area contributed by atoms with E-state index in [1.807, 2.05) is 61.8 Å². The van der Waals surface area contributed by atoms with E-state index in [1.54, 1.807) is 0 Å². The summed E-state index contributed by atoms with van der Waals surface area (Å²) in [6.45, 7) is 5.57. The van der Waals surface area contributed by atoms with Crippen molar-refractivity contribution < 1.29 is 0 Å². The molecular weight excluding hydrogens is 412 g/mol. The van der Waals surface area contributed by atoms with Gasteiger partial charge in [-0.1, -0.05) is 36.4 Å². The molecule has 0 saturated carbocycles. The zero-order valence-electron chi connectivity index (χ0n) is 18.5. The lowest BCUT2D eigenvalue weighted by atomic mass is 10.2. The van der Waals surface area contributed by atoms with Crippen LogP contribution in [-0.4, -0.2) is 51.3 Å². The highest BCUT2D eigenvalue weighted by atomic mass is 15.3. The molecule has 166 valence electrons. The van der Waals surface area contributed by atoms with Crippen LogP contribution in [0.4, 0.5) is 23.1 Å². The van der Waals surface area contributed by atoms with Crippen molar-refractivity contribution in [3.05, 3.63) is 84.1 Å². The SMILES string of the molecule is Cc1cc(Nc2cc(N3CCN(c4ccncc4)CC3)nc(C=Cc3ccccc3)n2)n[nH]1. The lowest BCUT2D eigenvalue weighted by Gasteiger charge is -2.36. The molecule has 5 rings (SSSR count). The van der Waals surface area contributed by atoms with Gasteiger partial charge in [0.2, 0.25) is 0 Å². The maximum Gasteiger partial charge on any atom is 0.156 e. The molecule has 3 aromatic heterocycles. The van der Waals surface area contributed by atoms with E-state index in [2.05, 4.69) is 54.6 Å². The smallest absolute Gasteiger partial charge is 0.156 e. The van der Waals surface area contributed by atoms with E-state index in [0.717, 1.165) is 54.9 Å². The highest BCUT2D eigenvalue weighted by Gasteiger charge is 2.19. The zero-order valence-corrected chi connectivity index (χ0v) is 18.5. The van der Waals surface area contributed by atoms with Gasteiger partial charge in [-0.15, -0.1) is 0 Å². The molecule has 33 heavy (non-hydrogen) atoms. The van der Waals surface area contributed by atoms with Crippen LogP contribution in [0, 0.1) is 6.92 Å².